The van der Waals surface area contributed by atoms with E-state index in [2.05, 4.69) is 0 Å². The van der Waals surface area contributed by atoms with E-state index in [0.29, 0.717) is 27.6 Å². The lowest BCUT2D eigenvalue weighted by molar-refractivity contribution is 0.103. The third-order valence-electron chi connectivity index (χ3n) is 5.21. The molecule has 3 nitrogen and oxygen atoms in total. The number of rotatable bonds is 5. The molecule has 0 aliphatic rings. The first kappa shape index (κ1) is 20.8. The molecule has 0 aromatic heterocycles. The molecule has 146 valence electrons. The van der Waals surface area contributed by atoms with Crippen LogP contribution < -0.4 is 5.30 Å². The van der Waals surface area contributed by atoms with Crippen LogP contribution in [0.4, 0.5) is 0 Å². The third kappa shape index (κ3) is 3.97. The van der Waals surface area contributed by atoms with Crippen LogP contribution in [-0.4, -0.2) is 11.3 Å². The Morgan fingerprint density at radius 2 is 1.31 bits per heavy atom. The molecule has 1 atom stereocenters. The zero-order valence-corrected chi connectivity index (χ0v) is 18.3. The third-order valence-corrected chi connectivity index (χ3v) is 6.57. The second-order valence-corrected chi connectivity index (χ2v) is 8.98. The summed E-state index contributed by atoms with van der Waals surface area (Å²) < 4.78 is 12.9. The topological polar surface area (TPSA) is 51.2 Å². The summed E-state index contributed by atoms with van der Waals surface area (Å²) in [6, 6.07) is 16.2. The molecular formula is C25H24O3P+. The van der Waals surface area contributed by atoms with Gasteiger partial charge < -0.3 is 0 Å². The first-order valence-electron chi connectivity index (χ1n) is 9.51. The molecule has 0 aliphatic carbocycles. The van der Waals surface area contributed by atoms with Crippen LogP contribution in [0.25, 0.3) is 0 Å². The number of benzene rings is 3. The first-order valence-corrected chi connectivity index (χ1v) is 10.8. The van der Waals surface area contributed by atoms with Gasteiger partial charge in [-0.3, -0.25) is 4.79 Å². The van der Waals surface area contributed by atoms with Gasteiger partial charge in [0.25, 0.3) is 0 Å². The van der Waals surface area contributed by atoms with Gasteiger partial charge in [0.2, 0.25) is 0 Å². The number of hydrogen-bond donors (Lipinski definition) is 0. The highest BCUT2D eigenvalue weighted by molar-refractivity contribution is 7.71. The summed E-state index contributed by atoms with van der Waals surface area (Å²) >= 11 is 0. The van der Waals surface area contributed by atoms with Crippen molar-refractivity contribution in [2.75, 3.05) is 0 Å². The Morgan fingerprint density at radius 1 is 0.724 bits per heavy atom. The number of carbonyl (C=O) groups excluding carboxylic acids is 2. The Hall–Kier alpha value is -2.90. The Bertz CT molecular complexity index is 1120. The highest BCUT2D eigenvalue weighted by Crippen LogP contribution is 2.32. The van der Waals surface area contributed by atoms with E-state index in [4.69, 9.17) is 0 Å². The average Bonchev–Trinajstić information content (AvgIpc) is 2.67. The molecule has 3 aromatic carbocycles. The lowest BCUT2D eigenvalue weighted by Crippen LogP contribution is -2.13. The molecule has 3 aromatic rings. The van der Waals surface area contributed by atoms with Crippen molar-refractivity contribution >= 4 is 24.4 Å². The Kier molecular flexibility index (Phi) is 5.91. The maximum absolute atomic E-state index is 13.4. The first-order chi connectivity index (χ1) is 13.7. The molecular weight excluding hydrogens is 379 g/mol. The number of aryl methyl sites for hydroxylation is 4. The predicted octanol–water partition coefficient (Wildman–Crippen LogP) is 5.75. The van der Waals surface area contributed by atoms with Crippen molar-refractivity contribution in [2.24, 2.45) is 0 Å². The second-order valence-electron chi connectivity index (χ2n) is 7.47. The number of hydrogen-bond acceptors (Lipinski definition) is 3. The van der Waals surface area contributed by atoms with E-state index in [9.17, 15) is 14.2 Å². The van der Waals surface area contributed by atoms with Gasteiger partial charge in [0.1, 0.15) is 0 Å². The van der Waals surface area contributed by atoms with E-state index in [1.807, 2.05) is 45.9 Å². The van der Waals surface area contributed by atoms with Gasteiger partial charge in [-0.1, -0.05) is 52.6 Å². The largest absolute Gasteiger partial charge is 0.458 e. The number of carbonyl (C=O) groups is 2. The zero-order valence-electron chi connectivity index (χ0n) is 17.4. The zero-order chi connectivity index (χ0) is 21.3. The van der Waals surface area contributed by atoms with Crippen LogP contribution in [0.1, 0.15) is 54.1 Å². The highest BCUT2D eigenvalue weighted by Gasteiger charge is 2.36. The fourth-order valence-electron chi connectivity index (χ4n) is 3.88. The molecule has 0 N–H and O–H groups in total. The Labute approximate surface area is 172 Å². The van der Waals surface area contributed by atoms with Gasteiger partial charge in [-0.05, 0) is 69.0 Å². The van der Waals surface area contributed by atoms with Gasteiger partial charge in [0, 0.05) is 11.1 Å². The molecule has 0 saturated carbocycles. The van der Waals surface area contributed by atoms with Crippen molar-refractivity contribution in [3.05, 3.63) is 99.1 Å². The van der Waals surface area contributed by atoms with E-state index < -0.39 is 13.3 Å². The molecule has 0 saturated heterocycles. The molecule has 0 amide bonds. The molecule has 0 fully saturated rings. The SMILES string of the molecule is Cc1cc(C)c(C(=O)c2ccc(C)c(C(=O)[P+](=O)c3ccccc3)c2C)c(C)c1. The van der Waals surface area contributed by atoms with Gasteiger partial charge in [-0.25, -0.2) is 4.79 Å². The monoisotopic (exact) mass is 403 g/mol. The summed E-state index contributed by atoms with van der Waals surface area (Å²) in [6.45, 7) is 9.43. The van der Waals surface area contributed by atoms with Gasteiger partial charge in [-0.2, -0.15) is 0 Å². The Balaban J connectivity index is 2.10. The van der Waals surface area contributed by atoms with Crippen LogP contribution in [0.5, 0.6) is 0 Å². The van der Waals surface area contributed by atoms with Crippen LogP contribution in [-0.2, 0) is 4.57 Å². The maximum Gasteiger partial charge on any atom is 0.458 e. The second kappa shape index (κ2) is 8.23. The smallest absolute Gasteiger partial charge is 0.289 e. The summed E-state index contributed by atoms with van der Waals surface area (Å²) in [4.78, 5) is 26.4. The van der Waals surface area contributed by atoms with Gasteiger partial charge in [0.05, 0.1) is 5.56 Å². The van der Waals surface area contributed by atoms with Crippen molar-refractivity contribution in [1.82, 2.24) is 0 Å². The van der Waals surface area contributed by atoms with E-state index >= 15 is 0 Å². The minimum Gasteiger partial charge on any atom is -0.289 e. The van der Waals surface area contributed by atoms with Gasteiger partial charge >= 0.3 is 13.3 Å². The molecule has 1 unspecified atom stereocenters. The van der Waals surface area contributed by atoms with Gasteiger partial charge in [-0.15, -0.1) is 0 Å². The number of ketones is 1. The van der Waals surface area contributed by atoms with E-state index in [0.717, 1.165) is 22.3 Å². The van der Waals surface area contributed by atoms with Crippen LogP contribution in [0.2, 0.25) is 0 Å². The standard InChI is InChI=1S/C25H24O3P/c1-15-13-17(3)22(18(4)14-15)24(26)21-12-11-16(2)23(19(21)5)25(27)29(28)20-9-7-6-8-10-20/h6-14H,1-5H3/q+1. The molecule has 4 heteroatoms. The summed E-state index contributed by atoms with van der Waals surface area (Å²) in [5.74, 6) is -0.110. The van der Waals surface area contributed by atoms with Crippen molar-refractivity contribution in [2.45, 2.75) is 34.6 Å². The minimum absolute atomic E-state index is 0.110. The average molecular weight is 403 g/mol. The normalized spacial score (nSPS) is 11.3. The van der Waals surface area contributed by atoms with Crippen molar-refractivity contribution in [3.63, 3.8) is 0 Å². The molecule has 0 spiro atoms. The molecule has 29 heavy (non-hydrogen) atoms. The fourth-order valence-corrected chi connectivity index (χ4v) is 5.10. The van der Waals surface area contributed by atoms with Crippen LogP contribution in [0.3, 0.4) is 0 Å². The summed E-state index contributed by atoms with van der Waals surface area (Å²) in [5.41, 5.74) is 5.31. The van der Waals surface area contributed by atoms with Crippen molar-refractivity contribution < 1.29 is 14.2 Å². The summed E-state index contributed by atoms with van der Waals surface area (Å²) in [7, 11) is -2.25. The fraction of sp³-hybridized carbons (Fsp3) is 0.200. The Morgan fingerprint density at radius 3 is 1.90 bits per heavy atom. The maximum atomic E-state index is 13.4. The molecule has 0 aliphatic heterocycles. The van der Waals surface area contributed by atoms with Crippen molar-refractivity contribution in [1.29, 1.82) is 0 Å². The molecule has 0 radical (unpaired) electrons. The highest BCUT2D eigenvalue weighted by atomic mass is 31.1. The van der Waals surface area contributed by atoms with E-state index in [-0.39, 0.29) is 5.78 Å². The molecule has 3 rings (SSSR count). The van der Waals surface area contributed by atoms with Crippen LogP contribution in [0.15, 0.2) is 54.6 Å². The quantitative estimate of drug-likeness (QED) is 0.402. The van der Waals surface area contributed by atoms with Crippen molar-refractivity contribution in [3.8, 4) is 0 Å². The minimum atomic E-state index is -2.25. The molecule has 0 heterocycles. The van der Waals surface area contributed by atoms with E-state index in [1.165, 1.54) is 0 Å². The van der Waals surface area contributed by atoms with Crippen LogP contribution >= 0.6 is 7.80 Å². The van der Waals surface area contributed by atoms with E-state index in [1.54, 1.807) is 43.3 Å². The van der Waals surface area contributed by atoms with Gasteiger partial charge in [0.15, 0.2) is 11.1 Å². The summed E-state index contributed by atoms with van der Waals surface area (Å²) in [6.07, 6.45) is 0. The van der Waals surface area contributed by atoms with Crippen LogP contribution in [0, 0.1) is 34.6 Å². The predicted molar refractivity (Wildman–Crippen MR) is 118 cm³/mol. The molecule has 0 bridgehead atoms. The lowest BCUT2D eigenvalue weighted by Gasteiger charge is -2.14. The lowest BCUT2D eigenvalue weighted by atomic mass is 9.89. The summed E-state index contributed by atoms with van der Waals surface area (Å²) in [5, 5.41) is 0.494.